The van der Waals surface area contributed by atoms with Crippen molar-refractivity contribution in [2.24, 2.45) is 0 Å². The molecule has 0 aliphatic carbocycles. The molecular weight excluding hydrogens is 897 g/mol. The molecule has 13 aromatic rings. The molecule has 0 amide bonds. The van der Waals surface area contributed by atoms with Crippen molar-refractivity contribution in [3.05, 3.63) is 279 Å². The molecule has 0 fully saturated rings. The minimum Gasteiger partial charge on any atom is -0.228 e. The summed E-state index contributed by atoms with van der Waals surface area (Å²) in [7, 11) is 0. The van der Waals surface area contributed by atoms with Crippen LogP contribution in [0.5, 0.6) is 0 Å². The van der Waals surface area contributed by atoms with Gasteiger partial charge in [-0.05, 0) is 78.2 Å². The summed E-state index contributed by atoms with van der Waals surface area (Å²) in [5.41, 5.74) is 17.9. The predicted octanol–water partition coefficient (Wildman–Crippen LogP) is 18.2. The lowest BCUT2D eigenvalue weighted by atomic mass is 9.78. The van der Waals surface area contributed by atoms with Crippen molar-refractivity contribution in [1.29, 1.82) is 0 Å². The van der Waals surface area contributed by atoms with Gasteiger partial charge in [-0.3, -0.25) is 0 Å². The number of nitrogens with zero attached hydrogens (tertiary/aromatic N) is 4. The standard InChI is InChI=1S/C70H46N4/c1-5-25-49(26-6-1)63-45-65(73-69(71-63)51-29-9-3-10-30-51)57-37-17-19-39-59(57)67-61(55-41-21-33-47-23-13-15-35-53(47)55)43-44-62(56-42-22-34-48-24-14-16-36-54(48)56)68(67)60-40-20-18-38-58(60)66-46-64(50-27-7-2-8-28-50)72-70(74-66)52-31-11-4-12-32-52/h1-46H. The minimum absolute atomic E-state index is 0.660. The lowest BCUT2D eigenvalue weighted by Gasteiger charge is -2.25. The molecule has 74 heavy (non-hydrogen) atoms. The number of hydrogen-bond acceptors (Lipinski definition) is 4. The van der Waals surface area contributed by atoms with Crippen LogP contribution >= 0.6 is 0 Å². The van der Waals surface area contributed by atoms with Gasteiger partial charge in [-0.25, -0.2) is 19.9 Å². The summed E-state index contributed by atoms with van der Waals surface area (Å²) in [4.78, 5) is 21.4. The topological polar surface area (TPSA) is 51.6 Å². The Bertz CT molecular complexity index is 3780. The second kappa shape index (κ2) is 19.4. The van der Waals surface area contributed by atoms with Crippen molar-refractivity contribution >= 4 is 21.5 Å². The highest BCUT2D eigenvalue weighted by Crippen LogP contribution is 2.52. The van der Waals surface area contributed by atoms with E-state index in [4.69, 9.17) is 19.9 Å². The van der Waals surface area contributed by atoms with E-state index in [0.29, 0.717) is 11.6 Å². The fraction of sp³-hybridized carbons (Fsp3) is 0. The van der Waals surface area contributed by atoms with Crippen molar-refractivity contribution in [3.8, 4) is 112 Å². The van der Waals surface area contributed by atoms with Gasteiger partial charge in [-0.15, -0.1) is 0 Å². The lowest BCUT2D eigenvalue weighted by molar-refractivity contribution is 1.18. The first-order valence-electron chi connectivity index (χ1n) is 25.0. The molecule has 4 heteroatoms. The molecule has 0 radical (unpaired) electrons. The van der Waals surface area contributed by atoms with Gasteiger partial charge in [-0.1, -0.05) is 267 Å². The zero-order valence-corrected chi connectivity index (χ0v) is 40.3. The third kappa shape index (κ3) is 8.30. The Kier molecular flexibility index (Phi) is 11.5. The number of fused-ring (bicyclic) bond motifs is 2. The normalized spacial score (nSPS) is 11.2. The maximum absolute atomic E-state index is 5.48. The van der Waals surface area contributed by atoms with Crippen LogP contribution in [0.1, 0.15) is 0 Å². The summed E-state index contributed by atoms with van der Waals surface area (Å²) in [5, 5.41) is 4.67. The molecule has 0 N–H and O–H groups in total. The largest absolute Gasteiger partial charge is 0.228 e. The van der Waals surface area contributed by atoms with Crippen molar-refractivity contribution < 1.29 is 0 Å². The van der Waals surface area contributed by atoms with Crippen LogP contribution in [-0.4, -0.2) is 19.9 Å². The minimum atomic E-state index is 0.660. The molecule has 0 aliphatic heterocycles. The van der Waals surface area contributed by atoms with Gasteiger partial charge in [0.2, 0.25) is 0 Å². The van der Waals surface area contributed by atoms with Gasteiger partial charge in [-0.2, -0.15) is 0 Å². The summed E-state index contributed by atoms with van der Waals surface area (Å²) in [5.74, 6) is 1.32. The van der Waals surface area contributed by atoms with Crippen LogP contribution in [0.25, 0.3) is 134 Å². The smallest absolute Gasteiger partial charge is 0.160 e. The average molecular weight is 943 g/mol. The second-order valence-electron chi connectivity index (χ2n) is 18.4. The number of aromatic nitrogens is 4. The van der Waals surface area contributed by atoms with E-state index in [1.807, 2.05) is 48.5 Å². The number of rotatable bonds is 10. The Hall–Kier alpha value is -9.90. The first-order valence-corrected chi connectivity index (χ1v) is 25.0. The molecule has 13 rings (SSSR count). The van der Waals surface area contributed by atoms with Crippen molar-refractivity contribution in [3.63, 3.8) is 0 Å². The Balaban J connectivity index is 1.17. The van der Waals surface area contributed by atoms with E-state index in [-0.39, 0.29) is 0 Å². The third-order valence-corrected chi connectivity index (χ3v) is 14.0. The Morgan fingerprint density at radius 3 is 0.892 bits per heavy atom. The van der Waals surface area contributed by atoms with Crippen LogP contribution in [0.15, 0.2) is 279 Å². The third-order valence-electron chi connectivity index (χ3n) is 14.0. The van der Waals surface area contributed by atoms with Gasteiger partial charge in [0.05, 0.1) is 22.8 Å². The summed E-state index contributed by atoms with van der Waals surface area (Å²) in [6, 6.07) is 98.7. The average Bonchev–Trinajstić information content (AvgIpc) is 3.52. The number of hydrogen-bond donors (Lipinski definition) is 0. The van der Waals surface area contributed by atoms with Crippen LogP contribution in [0.2, 0.25) is 0 Å². The van der Waals surface area contributed by atoms with Gasteiger partial charge < -0.3 is 0 Å². The second-order valence-corrected chi connectivity index (χ2v) is 18.4. The zero-order chi connectivity index (χ0) is 49.2. The molecule has 0 unspecified atom stereocenters. The van der Waals surface area contributed by atoms with E-state index < -0.39 is 0 Å². The maximum atomic E-state index is 5.48. The van der Waals surface area contributed by atoms with Crippen molar-refractivity contribution in [2.75, 3.05) is 0 Å². The quantitative estimate of drug-likeness (QED) is 0.137. The molecule has 4 nitrogen and oxygen atoms in total. The molecule has 2 heterocycles. The van der Waals surface area contributed by atoms with E-state index in [1.54, 1.807) is 0 Å². The first kappa shape index (κ1) is 44.1. The number of benzene rings is 11. The van der Waals surface area contributed by atoms with E-state index >= 15 is 0 Å². The monoisotopic (exact) mass is 942 g/mol. The molecular formula is C70H46N4. The predicted molar refractivity (Wildman–Crippen MR) is 307 cm³/mol. The molecule has 346 valence electrons. The molecule has 0 aliphatic rings. The van der Waals surface area contributed by atoms with Gasteiger partial charge in [0.1, 0.15) is 0 Å². The molecule has 0 bridgehead atoms. The Labute approximate surface area is 430 Å². The molecule has 0 spiro atoms. The molecule has 2 aromatic heterocycles. The summed E-state index contributed by atoms with van der Waals surface area (Å²) in [6.07, 6.45) is 0. The summed E-state index contributed by atoms with van der Waals surface area (Å²) < 4.78 is 0. The van der Waals surface area contributed by atoms with Gasteiger partial charge >= 0.3 is 0 Å². The van der Waals surface area contributed by atoms with Crippen molar-refractivity contribution in [1.82, 2.24) is 19.9 Å². The zero-order valence-electron chi connectivity index (χ0n) is 40.3. The molecule has 0 saturated heterocycles. The van der Waals surface area contributed by atoms with Crippen LogP contribution in [0.4, 0.5) is 0 Å². The molecule has 0 saturated carbocycles. The lowest BCUT2D eigenvalue weighted by Crippen LogP contribution is -2.01. The van der Waals surface area contributed by atoms with Crippen molar-refractivity contribution in [2.45, 2.75) is 0 Å². The van der Waals surface area contributed by atoms with Gasteiger partial charge in [0, 0.05) is 33.4 Å². The highest BCUT2D eigenvalue weighted by atomic mass is 14.9. The first-order chi connectivity index (χ1) is 36.7. The SMILES string of the molecule is c1ccc(-c2cc(-c3ccccc3-c3c(-c4cccc5ccccc45)ccc(-c4cccc5ccccc45)c3-c3ccccc3-c3cc(-c4ccccc4)nc(-c4ccccc4)n3)nc(-c3ccccc3)n2)cc1. The molecule has 11 aromatic carbocycles. The van der Waals surface area contributed by atoms with Crippen LogP contribution in [-0.2, 0) is 0 Å². The fourth-order valence-electron chi connectivity index (χ4n) is 10.5. The summed E-state index contributed by atoms with van der Waals surface area (Å²) >= 11 is 0. The summed E-state index contributed by atoms with van der Waals surface area (Å²) in [6.45, 7) is 0. The van der Waals surface area contributed by atoms with E-state index in [2.05, 4.69) is 231 Å². The maximum Gasteiger partial charge on any atom is 0.160 e. The molecule has 0 atom stereocenters. The van der Waals surface area contributed by atoms with E-state index in [1.165, 1.54) is 21.5 Å². The van der Waals surface area contributed by atoms with Gasteiger partial charge in [0.25, 0.3) is 0 Å². The highest BCUT2D eigenvalue weighted by molar-refractivity contribution is 6.12. The van der Waals surface area contributed by atoms with Gasteiger partial charge in [0.15, 0.2) is 11.6 Å². The fourth-order valence-corrected chi connectivity index (χ4v) is 10.5. The highest BCUT2D eigenvalue weighted by Gasteiger charge is 2.26. The Morgan fingerprint density at radius 1 is 0.189 bits per heavy atom. The van der Waals surface area contributed by atoms with Crippen LogP contribution in [0, 0.1) is 0 Å². The van der Waals surface area contributed by atoms with Crippen LogP contribution < -0.4 is 0 Å². The van der Waals surface area contributed by atoms with E-state index in [9.17, 15) is 0 Å². The van der Waals surface area contributed by atoms with E-state index in [0.717, 1.165) is 101 Å². The van der Waals surface area contributed by atoms with Crippen LogP contribution in [0.3, 0.4) is 0 Å². The Morgan fingerprint density at radius 2 is 0.486 bits per heavy atom.